The molecule has 0 unspecified atom stereocenters. The summed E-state index contributed by atoms with van der Waals surface area (Å²) in [5.74, 6) is 0.449. The molecule has 1 fully saturated rings. The molecule has 1 aliphatic rings. The molecule has 0 saturated carbocycles. The van der Waals surface area contributed by atoms with Crippen molar-refractivity contribution >= 4 is 12.0 Å². The van der Waals surface area contributed by atoms with E-state index >= 15 is 0 Å². The van der Waals surface area contributed by atoms with Gasteiger partial charge in [0, 0.05) is 19.1 Å². The van der Waals surface area contributed by atoms with E-state index in [1.54, 1.807) is 18.9 Å². The Morgan fingerprint density at radius 2 is 1.96 bits per heavy atom. The fourth-order valence-electron chi connectivity index (χ4n) is 2.84. The monoisotopic (exact) mass is 334 g/mol. The second-order valence-corrected chi connectivity index (χ2v) is 5.82. The van der Waals surface area contributed by atoms with E-state index in [1.165, 1.54) is 0 Å². The van der Waals surface area contributed by atoms with Gasteiger partial charge in [0.05, 0.1) is 19.3 Å². The van der Waals surface area contributed by atoms with Crippen LogP contribution in [0.3, 0.4) is 0 Å². The zero-order valence-corrected chi connectivity index (χ0v) is 14.6. The lowest BCUT2D eigenvalue weighted by Crippen LogP contribution is -2.46. The summed E-state index contributed by atoms with van der Waals surface area (Å²) in [5, 5.41) is 3.05. The molecule has 1 aromatic carbocycles. The highest BCUT2D eigenvalue weighted by atomic mass is 16.6. The van der Waals surface area contributed by atoms with Gasteiger partial charge in [-0.25, -0.2) is 4.79 Å². The number of piperidine rings is 1. The molecule has 0 radical (unpaired) electrons. The lowest BCUT2D eigenvalue weighted by Gasteiger charge is -2.31. The van der Waals surface area contributed by atoms with Crippen molar-refractivity contribution in [3.63, 3.8) is 0 Å². The third kappa shape index (κ3) is 4.40. The summed E-state index contributed by atoms with van der Waals surface area (Å²) >= 11 is 0. The number of ether oxygens (including phenoxy) is 2. The number of benzene rings is 1. The van der Waals surface area contributed by atoms with Crippen molar-refractivity contribution in [2.75, 3.05) is 26.8 Å². The van der Waals surface area contributed by atoms with Gasteiger partial charge in [-0.05, 0) is 43.9 Å². The first-order valence-electron chi connectivity index (χ1n) is 8.48. The van der Waals surface area contributed by atoms with E-state index in [2.05, 4.69) is 12.2 Å². The molecule has 2 rings (SSSR count). The lowest BCUT2D eigenvalue weighted by atomic mass is 10.0. The molecule has 0 bridgehead atoms. The Labute approximate surface area is 143 Å². The molecule has 6 heteroatoms. The SMILES string of the molecule is CCOC(=O)N1CCC(NC(=O)c2cc(CC)ccc2OC)CC1. The smallest absolute Gasteiger partial charge is 0.409 e. The first-order valence-corrected chi connectivity index (χ1v) is 8.48. The van der Waals surface area contributed by atoms with Crippen molar-refractivity contribution < 1.29 is 19.1 Å². The normalized spacial score (nSPS) is 15.0. The Kier molecular flexibility index (Phi) is 6.46. The van der Waals surface area contributed by atoms with Crippen LogP contribution in [0.25, 0.3) is 0 Å². The van der Waals surface area contributed by atoms with Gasteiger partial charge in [-0.15, -0.1) is 0 Å². The van der Waals surface area contributed by atoms with Crippen molar-refractivity contribution in [2.45, 2.75) is 39.2 Å². The number of rotatable bonds is 5. The first kappa shape index (κ1) is 18.1. The number of carbonyl (C=O) groups is 2. The second kappa shape index (κ2) is 8.57. The predicted molar refractivity (Wildman–Crippen MR) is 91.5 cm³/mol. The zero-order chi connectivity index (χ0) is 17.5. The fraction of sp³-hybridized carbons (Fsp3) is 0.556. The molecular formula is C18H26N2O4. The summed E-state index contributed by atoms with van der Waals surface area (Å²) in [4.78, 5) is 26.0. The number of nitrogens with zero attached hydrogens (tertiary/aromatic N) is 1. The van der Waals surface area contributed by atoms with E-state index in [0.29, 0.717) is 31.0 Å². The maximum atomic E-state index is 12.6. The van der Waals surface area contributed by atoms with Gasteiger partial charge in [0.25, 0.3) is 5.91 Å². The molecule has 0 atom stereocenters. The molecule has 132 valence electrons. The number of hydrogen-bond acceptors (Lipinski definition) is 4. The fourth-order valence-corrected chi connectivity index (χ4v) is 2.84. The van der Waals surface area contributed by atoms with Crippen molar-refractivity contribution in [2.24, 2.45) is 0 Å². The highest BCUT2D eigenvalue weighted by Gasteiger charge is 2.25. The molecule has 1 aromatic rings. The Bertz CT molecular complexity index is 580. The summed E-state index contributed by atoms with van der Waals surface area (Å²) in [6.07, 6.45) is 2.03. The largest absolute Gasteiger partial charge is 0.496 e. The van der Waals surface area contributed by atoms with Crippen LogP contribution >= 0.6 is 0 Å². The quantitative estimate of drug-likeness (QED) is 0.899. The maximum Gasteiger partial charge on any atom is 0.409 e. The number of methoxy groups -OCH3 is 1. The van der Waals surface area contributed by atoms with E-state index in [0.717, 1.165) is 24.8 Å². The van der Waals surface area contributed by atoms with Gasteiger partial charge in [0.2, 0.25) is 0 Å². The Morgan fingerprint density at radius 1 is 1.25 bits per heavy atom. The van der Waals surface area contributed by atoms with Gasteiger partial charge in [-0.1, -0.05) is 13.0 Å². The minimum atomic E-state index is -0.278. The Balaban J connectivity index is 1.95. The second-order valence-electron chi connectivity index (χ2n) is 5.82. The first-order chi connectivity index (χ1) is 11.6. The summed E-state index contributed by atoms with van der Waals surface area (Å²) in [5.41, 5.74) is 1.66. The van der Waals surface area contributed by atoms with Crippen LogP contribution in [0, 0.1) is 0 Å². The van der Waals surface area contributed by atoms with Crippen LogP contribution in [0.15, 0.2) is 18.2 Å². The van der Waals surface area contributed by atoms with Crippen molar-refractivity contribution in [3.05, 3.63) is 29.3 Å². The molecule has 1 heterocycles. The number of amides is 2. The molecule has 0 aromatic heterocycles. The molecule has 1 N–H and O–H groups in total. The number of nitrogens with one attached hydrogen (secondary N) is 1. The summed E-state index contributed by atoms with van der Waals surface area (Å²) in [6, 6.07) is 5.73. The van der Waals surface area contributed by atoms with E-state index in [4.69, 9.17) is 9.47 Å². The number of likely N-dealkylation sites (tertiary alicyclic amines) is 1. The number of aryl methyl sites for hydroxylation is 1. The van der Waals surface area contributed by atoms with Gasteiger partial charge < -0.3 is 19.7 Å². The van der Waals surface area contributed by atoms with Crippen LogP contribution in [-0.2, 0) is 11.2 Å². The molecule has 1 aliphatic heterocycles. The molecule has 1 saturated heterocycles. The van der Waals surface area contributed by atoms with Crippen LogP contribution < -0.4 is 10.1 Å². The zero-order valence-electron chi connectivity index (χ0n) is 14.6. The Morgan fingerprint density at radius 3 is 2.54 bits per heavy atom. The van der Waals surface area contributed by atoms with Crippen LogP contribution in [0.5, 0.6) is 5.75 Å². The molecule has 2 amide bonds. The van der Waals surface area contributed by atoms with Crippen LogP contribution in [-0.4, -0.2) is 49.7 Å². The van der Waals surface area contributed by atoms with Crippen LogP contribution in [0.2, 0.25) is 0 Å². The van der Waals surface area contributed by atoms with E-state index in [-0.39, 0.29) is 18.0 Å². The van der Waals surface area contributed by atoms with Gasteiger partial charge in [-0.3, -0.25) is 4.79 Å². The van der Waals surface area contributed by atoms with Gasteiger partial charge in [-0.2, -0.15) is 0 Å². The van der Waals surface area contributed by atoms with Crippen molar-refractivity contribution in [1.82, 2.24) is 10.2 Å². The van der Waals surface area contributed by atoms with Gasteiger partial charge in [0.1, 0.15) is 5.75 Å². The average molecular weight is 334 g/mol. The summed E-state index contributed by atoms with van der Waals surface area (Å²) < 4.78 is 10.3. The average Bonchev–Trinajstić information content (AvgIpc) is 2.61. The van der Waals surface area contributed by atoms with Gasteiger partial charge >= 0.3 is 6.09 Å². The number of hydrogen-bond donors (Lipinski definition) is 1. The standard InChI is InChI=1S/C18H26N2O4/c1-4-13-6-7-16(23-3)15(12-13)17(21)19-14-8-10-20(11-9-14)18(22)24-5-2/h6-7,12,14H,4-5,8-11H2,1-3H3,(H,19,21). The predicted octanol–water partition coefficient (Wildman–Crippen LogP) is 2.61. The van der Waals surface area contributed by atoms with E-state index in [1.807, 2.05) is 18.2 Å². The van der Waals surface area contributed by atoms with Crippen molar-refractivity contribution in [3.8, 4) is 5.75 Å². The summed E-state index contributed by atoms with van der Waals surface area (Å²) in [6.45, 7) is 5.41. The van der Waals surface area contributed by atoms with Gasteiger partial charge in [0.15, 0.2) is 0 Å². The minimum absolute atomic E-state index is 0.0539. The highest BCUT2D eigenvalue weighted by molar-refractivity contribution is 5.97. The molecule has 6 nitrogen and oxygen atoms in total. The minimum Gasteiger partial charge on any atom is -0.496 e. The number of carbonyl (C=O) groups excluding carboxylic acids is 2. The van der Waals surface area contributed by atoms with Crippen LogP contribution in [0.1, 0.15) is 42.6 Å². The van der Waals surface area contributed by atoms with E-state index in [9.17, 15) is 9.59 Å². The third-order valence-corrected chi connectivity index (χ3v) is 4.27. The molecule has 0 spiro atoms. The Hall–Kier alpha value is -2.24. The third-order valence-electron chi connectivity index (χ3n) is 4.27. The van der Waals surface area contributed by atoms with E-state index < -0.39 is 0 Å². The molecular weight excluding hydrogens is 308 g/mol. The van der Waals surface area contributed by atoms with Crippen LogP contribution in [0.4, 0.5) is 4.79 Å². The molecule has 24 heavy (non-hydrogen) atoms. The maximum absolute atomic E-state index is 12.6. The summed E-state index contributed by atoms with van der Waals surface area (Å²) in [7, 11) is 1.57. The topological polar surface area (TPSA) is 67.9 Å². The van der Waals surface area contributed by atoms with Crippen molar-refractivity contribution in [1.29, 1.82) is 0 Å². The highest BCUT2D eigenvalue weighted by Crippen LogP contribution is 2.21. The molecule has 0 aliphatic carbocycles. The lowest BCUT2D eigenvalue weighted by molar-refractivity contribution is 0.0858.